The van der Waals surface area contributed by atoms with Crippen molar-refractivity contribution in [3.63, 3.8) is 0 Å². The van der Waals surface area contributed by atoms with E-state index < -0.39 is 0 Å². The van der Waals surface area contributed by atoms with Crippen molar-refractivity contribution in [2.45, 2.75) is 70.3 Å². The molecule has 3 fully saturated rings. The lowest BCUT2D eigenvalue weighted by molar-refractivity contribution is -0.137. The molecule has 0 radical (unpaired) electrons. The Morgan fingerprint density at radius 2 is 1.79 bits per heavy atom. The summed E-state index contributed by atoms with van der Waals surface area (Å²) in [6, 6.07) is 11.4. The van der Waals surface area contributed by atoms with Gasteiger partial charge < -0.3 is 10.6 Å². The summed E-state index contributed by atoms with van der Waals surface area (Å²) in [4.78, 5) is 13.3. The smallest absolute Gasteiger partial charge is 0.226 e. The van der Waals surface area contributed by atoms with Crippen LogP contribution < -0.4 is 10.6 Å². The Kier molecular flexibility index (Phi) is 6.80. The predicted octanol–water partition coefficient (Wildman–Crippen LogP) is 4.61. The van der Waals surface area contributed by atoms with Crippen LogP contribution in [0, 0.1) is 17.3 Å². The van der Waals surface area contributed by atoms with E-state index in [2.05, 4.69) is 54.8 Å². The second-order valence-electron chi connectivity index (χ2n) is 9.70. The number of alkyl halides is 1. The fraction of sp³-hybridized carbons (Fsp3) is 0.708. The van der Waals surface area contributed by atoms with Crippen LogP contribution in [0.3, 0.4) is 0 Å². The van der Waals surface area contributed by atoms with Crippen molar-refractivity contribution in [3.05, 3.63) is 35.9 Å². The first-order chi connectivity index (χ1) is 13.5. The summed E-state index contributed by atoms with van der Waals surface area (Å²) in [6.45, 7) is 6.69. The van der Waals surface area contributed by atoms with Crippen LogP contribution in [0.5, 0.6) is 0 Å². The van der Waals surface area contributed by atoms with Crippen molar-refractivity contribution in [2.75, 3.05) is 20.3 Å². The van der Waals surface area contributed by atoms with Gasteiger partial charge in [-0.15, -0.1) is 0 Å². The van der Waals surface area contributed by atoms with E-state index in [0.29, 0.717) is 25.0 Å². The maximum atomic E-state index is 13.3. The quantitative estimate of drug-likeness (QED) is 0.794. The second-order valence-corrected chi connectivity index (χ2v) is 9.70. The first-order valence-corrected chi connectivity index (χ1v) is 10.9. The standard InChI is InChI=1S/C23H34N2O.CH3F/c1-17-12-18-14-22(2,21(26)25-20-8-10-24-11-9-20)16-23(13-17,15-18)19-6-4-3-5-7-19;1-2/h3-7,17-18,20,24H,8-16H2,1-2H3,(H,25,26);1H3. The third-order valence-electron chi connectivity index (χ3n) is 7.23. The Hall–Kier alpha value is -1.42. The lowest BCUT2D eigenvalue weighted by atomic mass is 9.50. The van der Waals surface area contributed by atoms with Crippen LogP contribution in [0.15, 0.2) is 30.3 Å². The third-order valence-corrected chi connectivity index (χ3v) is 7.23. The van der Waals surface area contributed by atoms with E-state index in [9.17, 15) is 9.18 Å². The number of hydrogen-bond acceptors (Lipinski definition) is 2. The van der Waals surface area contributed by atoms with Gasteiger partial charge in [-0.1, -0.05) is 44.2 Å². The molecule has 4 rings (SSSR count). The van der Waals surface area contributed by atoms with Crippen LogP contribution in [0.25, 0.3) is 0 Å². The number of halogens is 1. The normalized spacial score (nSPS) is 35.4. The largest absolute Gasteiger partial charge is 0.353 e. The van der Waals surface area contributed by atoms with Gasteiger partial charge in [-0.3, -0.25) is 9.18 Å². The Bertz CT molecular complexity index is 641. The Morgan fingerprint density at radius 1 is 1.11 bits per heavy atom. The molecule has 4 atom stereocenters. The molecule has 1 aromatic carbocycles. The molecule has 1 heterocycles. The number of carbonyl (C=O) groups is 1. The molecule has 0 aromatic heterocycles. The van der Waals surface area contributed by atoms with Crippen molar-refractivity contribution in [1.29, 1.82) is 0 Å². The van der Waals surface area contributed by atoms with Crippen molar-refractivity contribution >= 4 is 5.91 Å². The number of nitrogens with one attached hydrogen (secondary N) is 2. The average Bonchev–Trinajstić information content (AvgIpc) is 2.70. The Balaban J connectivity index is 0.00000109. The first-order valence-electron chi connectivity index (χ1n) is 10.9. The van der Waals surface area contributed by atoms with Crippen LogP contribution in [0.2, 0.25) is 0 Å². The SMILES string of the molecule is CC1CC2CC(C)(C(=O)NC3CCNCC3)CC(c3ccccc3)(C1)C2.CF. The highest BCUT2D eigenvalue weighted by Gasteiger charge is 2.53. The van der Waals surface area contributed by atoms with E-state index in [1.165, 1.54) is 24.8 Å². The average molecular weight is 389 g/mol. The van der Waals surface area contributed by atoms with Gasteiger partial charge in [0.25, 0.3) is 0 Å². The molecule has 1 aromatic rings. The molecule has 1 aliphatic heterocycles. The van der Waals surface area contributed by atoms with Crippen LogP contribution in [0.4, 0.5) is 4.39 Å². The first kappa shape index (κ1) is 21.3. The maximum absolute atomic E-state index is 13.3. The Labute approximate surface area is 169 Å². The number of hydrogen-bond donors (Lipinski definition) is 2. The second kappa shape index (κ2) is 8.94. The summed E-state index contributed by atoms with van der Waals surface area (Å²) < 4.78 is 9.50. The van der Waals surface area contributed by atoms with Crippen LogP contribution in [-0.4, -0.2) is 32.2 Å². The van der Waals surface area contributed by atoms with Crippen molar-refractivity contribution in [1.82, 2.24) is 10.6 Å². The minimum atomic E-state index is -0.232. The highest BCUT2D eigenvalue weighted by Crippen LogP contribution is 2.58. The van der Waals surface area contributed by atoms with Gasteiger partial charge in [-0.2, -0.15) is 0 Å². The van der Waals surface area contributed by atoms with Crippen molar-refractivity contribution in [3.8, 4) is 0 Å². The number of rotatable bonds is 3. The van der Waals surface area contributed by atoms with Gasteiger partial charge in [-0.05, 0) is 80.8 Å². The number of fused-ring (bicyclic) bond motifs is 2. The van der Waals surface area contributed by atoms with Gasteiger partial charge in [0.1, 0.15) is 0 Å². The molecular formula is C24H37FN2O. The zero-order valence-corrected chi connectivity index (χ0v) is 17.8. The van der Waals surface area contributed by atoms with Gasteiger partial charge in [0.05, 0.1) is 7.18 Å². The van der Waals surface area contributed by atoms with E-state index >= 15 is 0 Å². The molecule has 28 heavy (non-hydrogen) atoms. The molecule has 156 valence electrons. The van der Waals surface area contributed by atoms with Gasteiger partial charge in [0, 0.05) is 11.5 Å². The summed E-state index contributed by atoms with van der Waals surface area (Å²) in [6.07, 6.45) is 7.95. The monoisotopic (exact) mass is 388 g/mol. The van der Waals surface area contributed by atoms with Crippen LogP contribution in [0.1, 0.15) is 64.4 Å². The fourth-order valence-corrected chi connectivity index (χ4v) is 6.42. The molecule has 4 heteroatoms. The lowest BCUT2D eigenvalue weighted by Crippen LogP contribution is -2.54. The summed E-state index contributed by atoms with van der Waals surface area (Å²) in [5, 5.41) is 6.81. The summed E-state index contributed by atoms with van der Waals surface area (Å²) in [5.74, 6) is 1.74. The van der Waals surface area contributed by atoms with E-state index in [1.54, 1.807) is 0 Å². The minimum absolute atomic E-state index is 0.183. The zero-order chi connectivity index (χ0) is 20.2. The molecule has 2 bridgehead atoms. The summed E-state index contributed by atoms with van der Waals surface area (Å²) in [5.41, 5.74) is 1.41. The molecule has 3 aliphatic rings. The third kappa shape index (κ3) is 4.42. The van der Waals surface area contributed by atoms with E-state index in [4.69, 9.17) is 0 Å². The molecule has 1 saturated heterocycles. The number of amides is 1. The predicted molar refractivity (Wildman–Crippen MR) is 113 cm³/mol. The van der Waals surface area contributed by atoms with E-state index in [1.807, 2.05) is 0 Å². The molecule has 2 N–H and O–H groups in total. The molecule has 4 unspecified atom stereocenters. The lowest BCUT2D eigenvalue weighted by Gasteiger charge is -2.54. The minimum Gasteiger partial charge on any atom is -0.353 e. The van der Waals surface area contributed by atoms with Crippen LogP contribution >= 0.6 is 0 Å². The van der Waals surface area contributed by atoms with Gasteiger partial charge in [0.15, 0.2) is 0 Å². The topological polar surface area (TPSA) is 41.1 Å². The number of piperidine rings is 1. The number of carbonyl (C=O) groups excluding carboxylic acids is 1. The Morgan fingerprint density at radius 3 is 2.46 bits per heavy atom. The van der Waals surface area contributed by atoms with Crippen molar-refractivity contribution in [2.24, 2.45) is 17.3 Å². The molecule has 2 saturated carbocycles. The number of benzene rings is 1. The highest BCUT2D eigenvalue weighted by atomic mass is 19.1. The summed E-state index contributed by atoms with van der Waals surface area (Å²) in [7, 11) is 0.500. The van der Waals surface area contributed by atoms with E-state index in [0.717, 1.165) is 44.7 Å². The summed E-state index contributed by atoms with van der Waals surface area (Å²) >= 11 is 0. The molecular weight excluding hydrogens is 351 g/mol. The van der Waals surface area contributed by atoms with Gasteiger partial charge in [-0.25, -0.2) is 0 Å². The van der Waals surface area contributed by atoms with Gasteiger partial charge >= 0.3 is 0 Å². The zero-order valence-electron chi connectivity index (χ0n) is 17.8. The van der Waals surface area contributed by atoms with Gasteiger partial charge in [0.2, 0.25) is 5.91 Å². The molecule has 3 nitrogen and oxygen atoms in total. The maximum Gasteiger partial charge on any atom is 0.226 e. The van der Waals surface area contributed by atoms with Crippen LogP contribution in [-0.2, 0) is 10.2 Å². The highest BCUT2D eigenvalue weighted by molar-refractivity contribution is 5.83. The molecule has 2 aliphatic carbocycles. The molecule has 0 spiro atoms. The molecule has 1 amide bonds. The van der Waals surface area contributed by atoms with E-state index in [-0.39, 0.29) is 10.8 Å². The van der Waals surface area contributed by atoms with Crippen molar-refractivity contribution < 1.29 is 9.18 Å². The fourth-order valence-electron chi connectivity index (χ4n) is 6.42.